The van der Waals surface area contributed by atoms with Crippen molar-refractivity contribution in [1.82, 2.24) is 4.90 Å². The fourth-order valence-electron chi connectivity index (χ4n) is 2.13. The van der Waals surface area contributed by atoms with Crippen molar-refractivity contribution in [1.29, 1.82) is 0 Å². The lowest BCUT2D eigenvalue weighted by atomic mass is 10.3. The Kier molecular flexibility index (Phi) is 6.14. The van der Waals surface area contributed by atoms with Crippen LogP contribution in [0.2, 0.25) is 10.0 Å². The van der Waals surface area contributed by atoms with E-state index in [1.165, 1.54) is 4.90 Å². The first-order valence-corrected chi connectivity index (χ1v) is 7.61. The summed E-state index contributed by atoms with van der Waals surface area (Å²) in [6, 6.07) is 2.84. The molecule has 0 spiro atoms. The van der Waals surface area contributed by atoms with Crippen LogP contribution >= 0.6 is 23.2 Å². The molecular weight excluding hydrogens is 331 g/mol. The van der Waals surface area contributed by atoms with E-state index in [0.29, 0.717) is 54.2 Å². The van der Waals surface area contributed by atoms with Crippen LogP contribution < -0.4 is 10.1 Å². The highest BCUT2D eigenvalue weighted by molar-refractivity contribution is 6.37. The number of amides is 2. The molecule has 1 saturated heterocycles. The average molecular weight is 349 g/mol. The molecule has 1 fully saturated rings. The van der Waals surface area contributed by atoms with Crippen LogP contribution in [-0.2, 0) is 4.74 Å². The van der Waals surface area contributed by atoms with Crippen LogP contribution in [0.5, 0.6) is 5.75 Å². The molecule has 0 aromatic heterocycles. The SMILES string of the molecule is COCCOc1c(Cl)cc(NC(=O)N2CC[C@H](O)C2)cc1Cl. The fourth-order valence-corrected chi connectivity index (χ4v) is 2.72. The Balaban J connectivity index is 2.01. The molecule has 2 amide bonds. The standard InChI is InChI=1S/C14H18Cl2N2O4/c1-21-4-5-22-13-11(15)6-9(7-12(13)16)17-14(20)18-3-2-10(19)8-18/h6-7,10,19H,2-5,8H2,1H3,(H,17,20)/t10-/m0/s1. The van der Waals surface area contributed by atoms with E-state index in [9.17, 15) is 9.90 Å². The van der Waals surface area contributed by atoms with Crippen molar-refractivity contribution in [2.24, 2.45) is 0 Å². The molecule has 0 bridgehead atoms. The molecule has 1 aliphatic rings. The van der Waals surface area contributed by atoms with E-state index < -0.39 is 6.10 Å². The van der Waals surface area contributed by atoms with E-state index in [-0.39, 0.29) is 6.03 Å². The number of aliphatic hydroxyl groups is 1. The maximum atomic E-state index is 12.0. The smallest absolute Gasteiger partial charge is 0.321 e. The van der Waals surface area contributed by atoms with Crippen molar-refractivity contribution in [2.45, 2.75) is 12.5 Å². The van der Waals surface area contributed by atoms with Gasteiger partial charge in [-0.05, 0) is 18.6 Å². The van der Waals surface area contributed by atoms with E-state index in [0.717, 1.165) is 0 Å². The third-order valence-corrected chi connectivity index (χ3v) is 3.80. The summed E-state index contributed by atoms with van der Waals surface area (Å²) in [6.07, 6.45) is 0.121. The zero-order valence-corrected chi connectivity index (χ0v) is 13.7. The molecule has 1 aliphatic heterocycles. The van der Waals surface area contributed by atoms with E-state index in [2.05, 4.69) is 5.32 Å². The molecule has 22 heavy (non-hydrogen) atoms. The molecule has 1 aromatic rings. The second-order valence-electron chi connectivity index (χ2n) is 4.93. The second-order valence-corrected chi connectivity index (χ2v) is 5.74. The number of halogens is 2. The normalized spacial score (nSPS) is 17.6. The first kappa shape index (κ1) is 17.1. The third kappa shape index (κ3) is 4.39. The van der Waals surface area contributed by atoms with Crippen molar-refractivity contribution in [3.8, 4) is 5.75 Å². The second kappa shape index (κ2) is 7.87. The van der Waals surface area contributed by atoms with Gasteiger partial charge in [-0.1, -0.05) is 23.2 Å². The van der Waals surface area contributed by atoms with Crippen molar-refractivity contribution in [2.75, 3.05) is 38.7 Å². The molecule has 2 N–H and O–H groups in total. The predicted octanol–water partition coefficient (Wildman–Crippen LogP) is 2.62. The molecule has 1 aromatic carbocycles. The summed E-state index contributed by atoms with van der Waals surface area (Å²) in [6.45, 7) is 1.59. The van der Waals surface area contributed by atoms with E-state index in [1.807, 2.05) is 0 Å². The van der Waals surface area contributed by atoms with Gasteiger partial charge >= 0.3 is 6.03 Å². The van der Waals surface area contributed by atoms with Gasteiger partial charge in [0.2, 0.25) is 0 Å². The number of benzene rings is 1. The number of urea groups is 1. The molecule has 122 valence electrons. The van der Waals surface area contributed by atoms with Gasteiger partial charge in [-0.25, -0.2) is 4.79 Å². The summed E-state index contributed by atoms with van der Waals surface area (Å²) < 4.78 is 10.3. The Morgan fingerprint density at radius 2 is 2.09 bits per heavy atom. The average Bonchev–Trinajstić information content (AvgIpc) is 2.89. The largest absolute Gasteiger partial charge is 0.488 e. The van der Waals surface area contributed by atoms with Gasteiger partial charge in [-0.15, -0.1) is 0 Å². The molecule has 0 unspecified atom stereocenters. The molecule has 8 heteroatoms. The lowest BCUT2D eigenvalue weighted by Crippen LogP contribution is -2.33. The number of methoxy groups -OCH3 is 1. The van der Waals surface area contributed by atoms with Crippen LogP contribution in [0.3, 0.4) is 0 Å². The van der Waals surface area contributed by atoms with Gasteiger partial charge in [0.15, 0.2) is 5.75 Å². The summed E-state index contributed by atoms with van der Waals surface area (Å²) >= 11 is 12.2. The highest BCUT2D eigenvalue weighted by atomic mass is 35.5. The lowest BCUT2D eigenvalue weighted by molar-refractivity contribution is 0.146. The molecule has 0 aliphatic carbocycles. The number of nitrogens with one attached hydrogen (secondary N) is 1. The minimum absolute atomic E-state index is 0.295. The van der Waals surface area contributed by atoms with Crippen LogP contribution in [0.25, 0.3) is 0 Å². The van der Waals surface area contributed by atoms with Crippen LogP contribution in [0.4, 0.5) is 10.5 Å². The number of ether oxygens (including phenoxy) is 2. The summed E-state index contributed by atoms with van der Waals surface area (Å²) in [7, 11) is 1.57. The number of nitrogens with zero attached hydrogens (tertiary/aromatic N) is 1. The third-order valence-electron chi connectivity index (χ3n) is 3.23. The maximum Gasteiger partial charge on any atom is 0.321 e. The zero-order valence-electron chi connectivity index (χ0n) is 12.1. The zero-order chi connectivity index (χ0) is 16.1. The fraction of sp³-hybridized carbons (Fsp3) is 0.500. The molecule has 0 radical (unpaired) electrons. The van der Waals surface area contributed by atoms with Gasteiger partial charge in [0.1, 0.15) is 6.61 Å². The Labute approximate surface area is 138 Å². The molecular formula is C14H18Cl2N2O4. The monoisotopic (exact) mass is 348 g/mol. The first-order valence-electron chi connectivity index (χ1n) is 6.86. The van der Waals surface area contributed by atoms with Gasteiger partial charge in [-0.2, -0.15) is 0 Å². The minimum atomic E-state index is -0.463. The highest BCUT2D eigenvalue weighted by Crippen LogP contribution is 2.36. The topological polar surface area (TPSA) is 71.0 Å². The first-order chi connectivity index (χ1) is 10.5. The van der Waals surface area contributed by atoms with E-state index >= 15 is 0 Å². The van der Waals surface area contributed by atoms with Crippen molar-refractivity contribution < 1.29 is 19.4 Å². The number of anilines is 1. The van der Waals surface area contributed by atoms with Gasteiger partial charge < -0.3 is 24.8 Å². The Hall–Kier alpha value is -1.21. The van der Waals surface area contributed by atoms with E-state index in [1.54, 1.807) is 19.2 Å². The number of β-amino-alcohol motifs (C(OH)–C–C–N with tert-alkyl or cyclic N) is 1. The summed E-state index contributed by atoms with van der Waals surface area (Å²) in [4.78, 5) is 13.6. The maximum absolute atomic E-state index is 12.0. The van der Waals surface area contributed by atoms with E-state index in [4.69, 9.17) is 32.7 Å². The number of carbonyl (C=O) groups excluding carboxylic acids is 1. The molecule has 2 rings (SSSR count). The number of carbonyl (C=O) groups is 1. The minimum Gasteiger partial charge on any atom is -0.488 e. The lowest BCUT2D eigenvalue weighted by Gasteiger charge is -2.17. The highest BCUT2D eigenvalue weighted by Gasteiger charge is 2.24. The number of likely N-dealkylation sites (tertiary alicyclic amines) is 1. The van der Waals surface area contributed by atoms with Crippen LogP contribution in [0.15, 0.2) is 12.1 Å². The van der Waals surface area contributed by atoms with Gasteiger partial charge in [-0.3, -0.25) is 0 Å². The van der Waals surface area contributed by atoms with Crippen molar-refractivity contribution in [3.63, 3.8) is 0 Å². The van der Waals surface area contributed by atoms with Crippen molar-refractivity contribution in [3.05, 3.63) is 22.2 Å². The van der Waals surface area contributed by atoms with Crippen LogP contribution in [0, 0.1) is 0 Å². The van der Waals surface area contributed by atoms with Gasteiger partial charge in [0.25, 0.3) is 0 Å². The molecule has 0 saturated carbocycles. The number of hydrogen-bond donors (Lipinski definition) is 2. The molecule has 1 atom stereocenters. The number of aliphatic hydroxyl groups excluding tert-OH is 1. The van der Waals surface area contributed by atoms with Gasteiger partial charge in [0.05, 0.1) is 22.8 Å². The summed E-state index contributed by atoms with van der Waals surface area (Å²) in [5, 5.41) is 12.8. The van der Waals surface area contributed by atoms with Crippen molar-refractivity contribution >= 4 is 34.9 Å². The number of hydrogen-bond acceptors (Lipinski definition) is 4. The molecule has 6 nitrogen and oxygen atoms in total. The van der Waals surface area contributed by atoms with Gasteiger partial charge in [0, 0.05) is 25.9 Å². The Morgan fingerprint density at radius 3 is 2.64 bits per heavy atom. The quantitative estimate of drug-likeness (QED) is 0.802. The Bertz CT molecular complexity index is 519. The predicted molar refractivity (Wildman–Crippen MR) is 85.0 cm³/mol. The summed E-state index contributed by atoms with van der Waals surface area (Å²) in [5.41, 5.74) is 0.473. The van der Waals surface area contributed by atoms with Crippen LogP contribution in [0.1, 0.15) is 6.42 Å². The Morgan fingerprint density at radius 1 is 1.41 bits per heavy atom. The number of rotatable bonds is 5. The summed E-state index contributed by atoms with van der Waals surface area (Å²) in [5.74, 6) is 0.356. The molecule has 1 heterocycles. The van der Waals surface area contributed by atoms with Crippen LogP contribution in [-0.4, -0.2) is 55.6 Å².